The Hall–Kier alpha value is -2.37. The monoisotopic (exact) mass is 438 g/mol. The van der Waals surface area contributed by atoms with E-state index in [9.17, 15) is 0 Å². The van der Waals surface area contributed by atoms with Gasteiger partial charge in [-0.15, -0.1) is 0 Å². The first-order chi connectivity index (χ1) is 14.5. The van der Waals surface area contributed by atoms with Crippen molar-refractivity contribution in [1.29, 1.82) is 0 Å². The van der Waals surface area contributed by atoms with Gasteiger partial charge in [-0.2, -0.15) is 0 Å². The zero-order valence-corrected chi connectivity index (χ0v) is 19.2. The highest BCUT2D eigenvalue weighted by atomic mass is 35.5. The normalized spacial score (nSPS) is 18.7. The van der Waals surface area contributed by atoms with Gasteiger partial charge in [0.1, 0.15) is 0 Å². The number of halogens is 1. The summed E-state index contributed by atoms with van der Waals surface area (Å²) in [6.07, 6.45) is 4.08. The van der Waals surface area contributed by atoms with Crippen molar-refractivity contribution in [1.82, 2.24) is 19.8 Å². The van der Waals surface area contributed by atoms with Crippen LogP contribution in [0.1, 0.15) is 54.5 Å². The van der Waals surface area contributed by atoms with Crippen LogP contribution >= 0.6 is 23.8 Å². The van der Waals surface area contributed by atoms with Crippen LogP contribution in [0.3, 0.4) is 0 Å². The third-order valence-corrected chi connectivity index (χ3v) is 6.43. The SMILES string of the molecule is CCCCN1C(=S)N[C@@H](c2ccccn2)[C@H]1c1cc(C)n(-c2ccc(Cl)cc2)c1C. The van der Waals surface area contributed by atoms with Gasteiger partial charge >= 0.3 is 0 Å². The molecule has 0 bridgehead atoms. The van der Waals surface area contributed by atoms with Gasteiger partial charge in [0.15, 0.2) is 5.11 Å². The Balaban J connectivity index is 1.81. The summed E-state index contributed by atoms with van der Waals surface area (Å²) < 4.78 is 2.29. The largest absolute Gasteiger partial charge is 0.352 e. The smallest absolute Gasteiger partial charge is 0.170 e. The van der Waals surface area contributed by atoms with E-state index in [0.717, 1.165) is 40.9 Å². The van der Waals surface area contributed by atoms with Gasteiger partial charge in [-0.1, -0.05) is 31.0 Å². The van der Waals surface area contributed by atoms with Gasteiger partial charge in [0.2, 0.25) is 0 Å². The van der Waals surface area contributed by atoms with Crippen LogP contribution in [0.15, 0.2) is 54.7 Å². The van der Waals surface area contributed by atoms with E-state index in [1.54, 1.807) is 0 Å². The molecule has 156 valence electrons. The van der Waals surface area contributed by atoms with Crippen LogP contribution in [-0.4, -0.2) is 26.1 Å². The standard InChI is InChI=1S/C24H27ClN4S/c1-4-5-14-28-23(22(27-24(28)30)21-8-6-7-13-26-21)20-15-16(2)29(17(20)3)19-11-9-18(25)10-12-19/h6-13,15,22-23H,4-5,14H2,1-3H3,(H,27,30)/t22-,23+/m0/s1. The second-order valence-electron chi connectivity index (χ2n) is 7.81. The lowest BCUT2D eigenvalue weighted by Gasteiger charge is -2.28. The molecular formula is C24H27ClN4S. The van der Waals surface area contributed by atoms with Crippen molar-refractivity contribution in [2.45, 2.75) is 45.7 Å². The van der Waals surface area contributed by atoms with Gasteiger partial charge in [-0.3, -0.25) is 4.98 Å². The van der Waals surface area contributed by atoms with E-state index in [-0.39, 0.29) is 12.1 Å². The van der Waals surface area contributed by atoms with Gasteiger partial charge < -0.3 is 14.8 Å². The summed E-state index contributed by atoms with van der Waals surface area (Å²) >= 11 is 11.9. The first-order valence-electron chi connectivity index (χ1n) is 10.4. The predicted octanol–water partition coefficient (Wildman–Crippen LogP) is 5.92. The second-order valence-corrected chi connectivity index (χ2v) is 8.63. The van der Waals surface area contributed by atoms with Crippen molar-refractivity contribution in [3.05, 3.63) is 82.4 Å². The molecule has 4 rings (SSSR count). The van der Waals surface area contributed by atoms with Crippen LogP contribution in [0.5, 0.6) is 0 Å². The Kier molecular flexibility index (Phi) is 6.11. The third-order valence-electron chi connectivity index (χ3n) is 5.82. The Morgan fingerprint density at radius 2 is 1.90 bits per heavy atom. The summed E-state index contributed by atoms with van der Waals surface area (Å²) in [4.78, 5) is 6.98. The van der Waals surface area contributed by atoms with Crippen LogP contribution in [0.2, 0.25) is 5.02 Å². The Morgan fingerprint density at radius 1 is 1.13 bits per heavy atom. The highest BCUT2D eigenvalue weighted by Gasteiger charge is 2.41. The van der Waals surface area contributed by atoms with Gasteiger partial charge in [-0.25, -0.2) is 0 Å². The van der Waals surface area contributed by atoms with Crippen molar-refractivity contribution < 1.29 is 0 Å². The maximum atomic E-state index is 6.11. The van der Waals surface area contributed by atoms with E-state index in [4.69, 9.17) is 23.8 Å². The summed E-state index contributed by atoms with van der Waals surface area (Å²) in [6.45, 7) is 7.48. The molecule has 2 atom stereocenters. The molecular weight excluding hydrogens is 412 g/mol. The number of hydrogen-bond donors (Lipinski definition) is 1. The number of nitrogens with zero attached hydrogens (tertiary/aromatic N) is 3. The molecule has 0 spiro atoms. The second kappa shape index (κ2) is 8.78. The van der Waals surface area contributed by atoms with Gasteiger partial charge in [0.05, 0.1) is 17.8 Å². The van der Waals surface area contributed by atoms with Crippen LogP contribution < -0.4 is 5.32 Å². The van der Waals surface area contributed by atoms with Crippen LogP contribution in [0.25, 0.3) is 5.69 Å². The van der Waals surface area contributed by atoms with Crippen LogP contribution in [-0.2, 0) is 0 Å². The quantitative estimate of drug-likeness (QED) is 0.484. The molecule has 0 aliphatic carbocycles. The Morgan fingerprint density at radius 3 is 2.57 bits per heavy atom. The lowest BCUT2D eigenvalue weighted by atomic mass is 9.96. The first kappa shape index (κ1) is 20.9. The first-order valence-corrected chi connectivity index (χ1v) is 11.2. The molecule has 1 N–H and O–H groups in total. The minimum absolute atomic E-state index is 0.0229. The fourth-order valence-electron chi connectivity index (χ4n) is 4.39. The number of aryl methyl sites for hydroxylation is 1. The lowest BCUT2D eigenvalue weighted by Crippen LogP contribution is -2.30. The number of unbranched alkanes of at least 4 members (excludes halogenated alkanes) is 1. The molecule has 3 heterocycles. The highest BCUT2D eigenvalue weighted by molar-refractivity contribution is 7.80. The average molecular weight is 439 g/mol. The van der Waals surface area contributed by atoms with Crippen molar-refractivity contribution in [2.75, 3.05) is 6.54 Å². The van der Waals surface area contributed by atoms with Crippen LogP contribution in [0, 0.1) is 13.8 Å². The summed E-state index contributed by atoms with van der Waals surface area (Å²) in [6, 6.07) is 16.5. The van der Waals surface area contributed by atoms with Crippen LogP contribution in [0.4, 0.5) is 0 Å². The summed E-state index contributed by atoms with van der Waals surface area (Å²) in [5.74, 6) is 0. The van der Waals surface area contributed by atoms with Crippen molar-refractivity contribution in [3.8, 4) is 5.69 Å². The number of hydrogen-bond acceptors (Lipinski definition) is 2. The highest BCUT2D eigenvalue weighted by Crippen LogP contribution is 2.41. The minimum Gasteiger partial charge on any atom is -0.352 e. The summed E-state index contributed by atoms with van der Waals surface area (Å²) in [5, 5.41) is 5.10. The van der Waals surface area contributed by atoms with Gasteiger partial charge in [0, 0.05) is 34.8 Å². The molecule has 0 radical (unpaired) electrons. The van der Waals surface area contributed by atoms with E-state index in [1.165, 1.54) is 17.0 Å². The van der Waals surface area contributed by atoms with E-state index >= 15 is 0 Å². The minimum atomic E-state index is 0.0229. The Bertz CT molecular complexity index is 1030. The number of thiocarbonyl (C=S) groups is 1. The molecule has 30 heavy (non-hydrogen) atoms. The van der Waals surface area contributed by atoms with E-state index in [0.29, 0.717) is 0 Å². The molecule has 0 unspecified atom stereocenters. The molecule has 4 nitrogen and oxygen atoms in total. The maximum absolute atomic E-state index is 6.11. The number of nitrogens with one attached hydrogen (secondary N) is 1. The van der Waals surface area contributed by atoms with E-state index in [2.05, 4.69) is 64.8 Å². The van der Waals surface area contributed by atoms with Crippen molar-refractivity contribution in [2.24, 2.45) is 0 Å². The van der Waals surface area contributed by atoms with E-state index < -0.39 is 0 Å². The van der Waals surface area contributed by atoms with Crippen molar-refractivity contribution in [3.63, 3.8) is 0 Å². The zero-order valence-electron chi connectivity index (χ0n) is 17.6. The van der Waals surface area contributed by atoms with Crippen molar-refractivity contribution >= 4 is 28.9 Å². The number of benzene rings is 1. The number of pyridine rings is 1. The molecule has 2 aromatic heterocycles. The molecule has 1 aliphatic heterocycles. The summed E-state index contributed by atoms with van der Waals surface area (Å²) in [5.41, 5.74) is 5.82. The molecule has 1 aromatic carbocycles. The van der Waals surface area contributed by atoms with Gasteiger partial charge in [-0.05, 0) is 80.5 Å². The fourth-order valence-corrected chi connectivity index (χ4v) is 4.85. The molecule has 3 aromatic rings. The topological polar surface area (TPSA) is 33.1 Å². The predicted molar refractivity (Wildman–Crippen MR) is 127 cm³/mol. The third kappa shape index (κ3) is 3.84. The van der Waals surface area contributed by atoms with E-state index in [1.807, 2.05) is 30.5 Å². The maximum Gasteiger partial charge on any atom is 0.170 e. The zero-order chi connectivity index (χ0) is 21.3. The molecule has 1 saturated heterocycles. The molecule has 1 fully saturated rings. The number of rotatable bonds is 6. The molecule has 1 aliphatic rings. The Labute approximate surface area is 188 Å². The molecule has 6 heteroatoms. The molecule has 0 amide bonds. The number of aromatic nitrogens is 2. The molecule has 0 saturated carbocycles. The average Bonchev–Trinajstić information content (AvgIpc) is 3.23. The lowest BCUT2D eigenvalue weighted by molar-refractivity contribution is 0.312. The van der Waals surface area contributed by atoms with Gasteiger partial charge in [0.25, 0.3) is 0 Å². The fraction of sp³-hybridized carbons (Fsp3) is 0.333. The summed E-state index contributed by atoms with van der Waals surface area (Å²) in [7, 11) is 0.